The molecule has 0 saturated carbocycles. The summed E-state index contributed by atoms with van der Waals surface area (Å²) in [5, 5.41) is 0.863. The van der Waals surface area contributed by atoms with Crippen LogP contribution in [0.5, 0.6) is 0 Å². The van der Waals surface area contributed by atoms with Gasteiger partial charge >= 0.3 is 0 Å². The lowest BCUT2D eigenvalue weighted by Crippen LogP contribution is -2.29. The summed E-state index contributed by atoms with van der Waals surface area (Å²) in [6.45, 7) is 5.64. The van der Waals surface area contributed by atoms with Crippen LogP contribution in [0, 0.1) is 6.92 Å². The van der Waals surface area contributed by atoms with Crippen molar-refractivity contribution in [2.75, 3.05) is 13.1 Å². The van der Waals surface area contributed by atoms with Crippen LogP contribution in [0.25, 0.3) is 0 Å². The van der Waals surface area contributed by atoms with Crippen molar-refractivity contribution in [3.63, 3.8) is 0 Å². The second kappa shape index (κ2) is 5.00. The second-order valence-corrected chi connectivity index (χ2v) is 4.91. The molecule has 0 spiro atoms. The van der Waals surface area contributed by atoms with Crippen molar-refractivity contribution in [1.29, 1.82) is 0 Å². The summed E-state index contributed by atoms with van der Waals surface area (Å²) in [4.78, 5) is 2.52. The number of likely N-dealkylation sites (tertiary alicyclic amines) is 1. The van der Waals surface area contributed by atoms with Gasteiger partial charge in [-0.1, -0.05) is 24.1 Å². The molecule has 0 aliphatic carbocycles. The van der Waals surface area contributed by atoms with E-state index in [-0.39, 0.29) is 0 Å². The van der Waals surface area contributed by atoms with Gasteiger partial charge in [-0.15, -0.1) is 0 Å². The number of hydrogen-bond donors (Lipinski definition) is 0. The number of nitrogens with zero attached hydrogens (tertiary/aromatic N) is 1. The largest absolute Gasteiger partial charge is 0.299 e. The summed E-state index contributed by atoms with van der Waals surface area (Å²) in [7, 11) is 0. The predicted octanol–water partition coefficient (Wildman–Crippen LogP) is 3.63. The molecule has 1 heterocycles. The molecule has 1 nitrogen and oxygen atoms in total. The van der Waals surface area contributed by atoms with Crippen LogP contribution in [-0.2, 0) is 6.54 Å². The van der Waals surface area contributed by atoms with E-state index in [4.69, 9.17) is 11.6 Å². The molecule has 1 aliphatic heterocycles. The van der Waals surface area contributed by atoms with Crippen LogP contribution in [0.2, 0.25) is 5.02 Å². The van der Waals surface area contributed by atoms with Crippen LogP contribution in [0.15, 0.2) is 18.2 Å². The standard InChI is InChI=1S/C13H18ClN/c1-11-7-12(9-13(14)8-11)10-15-5-3-2-4-6-15/h7-9H,2-6,10H2,1H3. The minimum Gasteiger partial charge on any atom is -0.299 e. The van der Waals surface area contributed by atoms with Gasteiger partial charge in [0.25, 0.3) is 0 Å². The molecule has 0 N–H and O–H groups in total. The van der Waals surface area contributed by atoms with Crippen LogP contribution in [-0.4, -0.2) is 18.0 Å². The van der Waals surface area contributed by atoms with Crippen molar-refractivity contribution < 1.29 is 0 Å². The van der Waals surface area contributed by atoms with Crippen molar-refractivity contribution in [2.45, 2.75) is 32.7 Å². The molecule has 0 atom stereocenters. The molecule has 1 aliphatic rings. The normalized spacial score (nSPS) is 18.0. The van der Waals surface area contributed by atoms with Gasteiger partial charge in [0, 0.05) is 11.6 Å². The SMILES string of the molecule is Cc1cc(Cl)cc(CN2CCCCC2)c1. The number of hydrogen-bond acceptors (Lipinski definition) is 1. The molecular formula is C13H18ClN. The van der Waals surface area contributed by atoms with E-state index in [0.717, 1.165) is 11.6 Å². The lowest BCUT2D eigenvalue weighted by atomic mass is 10.1. The van der Waals surface area contributed by atoms with E-state index >= 15 is 0 Å². The van der Waals surface area contributed by atoms with E-state index < -0.39 is 0 Å². The number of benzene rings is 1. The molecular weight excluding hydrogens is 206 g/mol. The topological polar surface area (TPSA) is 3.24 Å². The highest BCUT2D eigenvalue weighted by Gasteiger charge is 2.10. The predicted molar refractivity (Wildman–Crippen MR) is 65.3 cm³/mol. The number of piperidine rings is 1. The first-order valence-electron chi connectivity index (χ1n) is 5.72. The van der Waals surface area contributed by atoms with Crippen LogP contribution >= 0.6 is 11.6 Å². The van der Waals surface area contributed by atoms with E-state index in [1.165, 1.54) is 43.5 Å². The molecule has 0 bridgehead atoms. The van der Waals surface area contributed by atoms with Crippen molar-refractivity contribution >= 4 is 11.6 Å². The van der Waals surface area contributed by atoms with Gasteiger partial charge in [0.1, 0.15) is 0 Å². The average molecular weight is 224 g/mol. The Morgan fingerprint density at radius 3 is 2.53 bits per heavy atom. The van der Waals surface area contributed by atoms with Gasteiger partial charge in [0.2, 0.25) is 0 Å². The highest BCUT2D eigenvalue weighted by Crippen LogP contribution is 2.18. The van der Waals surface area contributed by atoms with Gasteiger partial charge in [-0.25, -0.2) is 0 Å². The number of rotatable bonds is 2. The fourth-order valence-electron chi connectivity index (χ4n) is 2.28. The Bertz CT molecular complexity index is 309. The number of aryl methyl sites for hydroxylation is 1. The highest BCUT2D eigenvalue weighted by atomic mass is 35.5. The monoisotopic (exact) mass is 223 g/mol. The van der Waals surface area contributed by atoms with Gasteiger partial charge < -0.3 is 0 Å². The molecule has 0 aromatic heterocycles. The van der Waals surface area contributed by atoms with Crippen LogP contribution in [0.1, 0.15) is 30.4 Å². The molecule has 1 aromatic carbocycles. The Morgan fingerprint density at radius 2 is 1.87 bits per heavy atom. The molecule has 1 fully saturated rings. The number of halogens is 1. The molecule has 0 unspecified atom stereocenters. The molecule has 82 valence electrons. The van der Waals surface area contributed by atoms with Crippen LogP contribution < -0.4 is 0 Å². The zero-order valence-corrected chi connectivity index (χ0v) is 10.1. The quantitative estimate of drug-likeness (QED) is 0.740. The fourth-order valence-corrected chi connectivity index (χ4v) is 2.59. The van der Waals surface area contributed by atoms with E-state index in [1.807, 2.05) is 6.07 Å². The smallest absolute Gasteiger partial charge is 0.0411 e. The molecule has 2 heteroatoms. The zero-order valence-electron chi connectivity index (χ0n) is 9.30. The molecule has 2 rings (SSSR count). The summed E-state index contributed by atoms with van der Waals surface area (Å²) in [5.74, 6) is 0. The summed E-state index contributed by atoms with van der Waals surface area (Å²) in [5.41, 5.74) is 2.61. The molecule has 15 heavy (non-hydrogen) atoms. The Balaban J connectivity index is 2.02. The third kappa shape index (κ3) is 3.22. The second-order valence-electron chi connectivity index (χ2n) is 4.47. The van der Waals surface area contributed by atoms with Crippen LogP contribution in [0.4, 0.5) is 0 Å². The maximum absolute atomic E-state index is 6.05. The third-order valence-electron chi connectivity index (χ3n) is 2.96. The fraction of sp³-hybridized carbons (Fsp3) is 0.538. The Kier molecular flexibility index (Phi) is 3.66. The van der Waals surface area contributed by atoms with Gasteiger partial charge in [-0.2, -0.15) is 0 Å². The van der Waals surface area contributed by atoms with E-state index in [1.54, 1.807) is 0 Å². The molecule has 0 amide bonds. The van der Waals surface area contributed by atoms with Gasteiger partial charge in [0.15, 0.2) is 0 Å². The Hall–Kier alpha value is -0.530. The molecule has 1 saturated heterocycles. The van der Waals surface area contributed by atoms with Crippen molar-refractivity contribution in [2.24, 2.45) is 0 Å². The highest BCUT2D eigenvalue weighted by molar-refractivity contribution is 6.30. The minimum absolute atomic E-state index is 0.863. The summed E-state index contributed by atoms with van der Waals surface area (Å²) < 4.78 is 0. The van der Waals surface area contributed by atoms with Crippen molar-refractivity contribution in [1.82, 2.24) is 4.90 Å². The first-order valence-corrected chi connectivity index (χ1v) is 6.10. The lowest BCUT2D eigenvalue weighted by molar-refractivity contribution is 0.221. The van der Waals surface area contributed by atoms with E-state index in [0.29, 0.717) is 0 Å². The third-order valence-corrected chi connectivity index (χ3v) is 3.17. The Morgan fingerprint density at radius 1 is 1.13 bits per heavy atom. The maximum atomic E-state index is 6.05. The molecule has 1 aromatic rings. The maximum Gasteiger partial charge on any atom is 0.0411 e. The lowest BCUT2D eigenvalue weighted by Gasteiger charge is -2.26. The summed E-state index contributed by atoms with van der Waals surface area (Å²) in [6.07, 6.45) is 4.09. The minimum atomic E-state index is 0.863. The average Bonchev–Trinajstić information content (AvgIpc) is 2.17. The van der Waals surface area contributed by atoms with Crippen LogP contribution in [0.3, 0.4) is 0 Å². The van der Waals surface area contributed by atoms with E-state index in [2.05, 4.69) is 24.0 Å². The van der Waals surface area contributed by atoms with Gasteiger partial charge in [0.05, 0.1) is 0 Å². The first-order chi connectivity index (χ1) is 7.24. The first kappa shape index (κ1) is 11.0. The van der Waals surface area contributed by atoms with Crippen molar-refractivity contribution in [3.8, 4) is 0 Å². The summed E-state index contributed by atoms with van der Waals surface area (Å²) >= 11 is 6.05. The summed E-state index contributed by atoms with van der Waals surface area (Å²) in [6, 6.07) is 6.34. The molecule has 0 radical (unpaired) electrons. The van der Waals surface area contributed by atoms with Crippen molar-refractivity contribution in [3.05, 3.63) is 34.3 Å². The van der Waals surface area contributed by atoms with Gasteiger partial charge in [-0.3, -0.25) is 4.90 Å². The zero-order chi connectivity index (χ0) is 10.7. The van der Waals surface area contributed by atoms with E-state index in [9.17, 15) is 0 Å². The van der Waals surface area contributed by atoms with Gasteiger partial charge in [-0.05, 0) is 56.1 Å². The Labute approximate surface area is 97.0 Å².